The van der Waals surface area contributed by atoms with Gasteiger partial charge in [0.25, 0.3) is 0 Å². The molecule has 0 bridgehead atoms. The zero-order valence-electron chi connectivity index (χ0n) is 10.6. The van der Waals surface area contributed by atoms with E-state index in [1.54, 1.807) is 11.3 Å². The van der Waals surface area contributed by atoms with Gasteiger partial charge in [0.2, 0.25) is 0 Å². The molecule has 4 heteroatoms. The maximum atomic E-state index is 4.85. The fourth-order valence-electron chi connectivity index (χ4n) is 3.26. The molecule has 2 aromatic heterocycles. The minimum atomic E-state index is 0.368. The predicted molar refractivity (Wildman–Crippen MR) is 76.5 cm³/mol. The van der Waals surface area contributed by atoms with Crippen LogP contribution < -0.4 is 10.2 Å². The van der Waals surface area contributed by atoms with Crippen molar-refractivity contribution in [1.82, 2.24) is 10.3 Å². The quantitative estimate of drug-likeness (QED) is 0.853. The van der Waals surface area contributed by atoms with Crippen molar-refractivity contribution in [3.8, 4) is 0 Å². The molecule has 4 heterocycles. The molecule has 18 heavy (non-hydrogen) atoms. The standard InChI is InChI=1S/C14H17N3S/c1-10-8-11-2-3-12(16-13(11)18-10)17-7-5-14(17)4-6-15-9-14/h2-3,8,15H,4-7,9H2,1H3. The number of pyridine rings is 1. The molecule has 2 aliphatic rings. The van der Waals surface area contributed by atoms with Crippen molar-refractivity contribution >= 4 is 27.4 Å². The van der Waals surface area contributed by atoms with Crippen LogP contribution in [0, 0.1) is 6.92 Å². The first kappa shape index (κ1) is 10.8. The first-order chi connectivity index (χ1) is 8.77. The number of hydrogen-bond donors (Lipinski definition) is 1. The number of rotatable bonds is 1. The summed E-state index contributed by atoms with van der Waals surface area (Å²) in [5.41, 5.74) is 0.368. The number of anilines is 1. The zero-order valence-corrected chi connectivity index (χ0v) is 11.4. The summed E-state index contributed by atoms with van der Waals surface area (Å²) in [7, 11) is 0. The number of nitrogens with one attached hydrogen (secondary N) is 1. The van der Waals surface area contributed by atoms with Gasteiger partial charge in [-0.2, -0.15) is 0 Å². The summed E-state index contributed by atoms with van der Waals surface area (Å²) in [5.74, 6) is 1.17. The summed E-state index contributed by atoms with van der Waals surface area (Å²) in [4.78, 5) is 9.88. The summed E-state index contributed by atoms with van der Waals surface area (Å²) < 4.78 is 0. The predicted octanol–water partition coefficient (Wildman–Crippen LogP) is 2.55. The smallest absolute Gasteiger partial charge is 0.130 e. The van der Waals surface area contributed by atoms with E-state index in [1.807, 2.05) is 0 Å². The summed E-state index contributed by atoms with van der Waals surface area (Å²) >= 11 is 1.80. The van der Waals surface area contributed by atoms with Crippen LogP contribution in [0.15, 0.2) is 18.2 Å². The molecule has 1 unspecified atom stereocenters. The molecule has 0 aliphatic carbocycles. The zero-order chi connectivity index (χ0) is 12.2. The van der Waals surface area contributed by atoms with Gasteiger partial charge in [-0.3, -0.25) is 0 Å². The minimum Gasteiger partial charge on any atom is -0.349 e. The second kappa shape index (κ2) is 3.68. The van der Waals surface area contributed by atoms with E-state index in [2.05, 4.69) is 35.3 Å². The largest absolute Gasteiger partial charge is 0.349 e. The molecule has 2 saturated heterocycles. The van der Waals surface area contributed by atoms with E-state index in [0.717, 1.165) is 19.6 Å². The van der Waals surface area contributed by atoms with Gasteiger partial charge in [-0.15, -0.1) is 11.3 Å². The molecule has 3 nitrogen and oxygen atoms in total. The lowest BCUT2D eigenvalue weighted by Gasteiger charge is -2.51. The highest BCUT2D eigenvalue weighted by atomic mass is 32.1. The van der Waals surface area contributed by atoms with Gasteiger partial charge in [0, 0.05) is 23.4 Å². The van der Waals surface area contributed by atoms with E-state index >= 15 is 0 Å². The van der Waals surface area contributed by atoms with Gasteiger partial charge < -0.3 is 10.2 Å². The monoisotopic (exact) mass is 259 g/mol. The molecule has 1 spiro atoms. The van der Waals surface area contributed by atoms with E-state index in [4.69, 9.17) is 4.98 Å². The molecule has 0 aromatic carbocycles. The number of hydrogen-bond acceptors (Lipinski definition) is 4. The third kappa shape index (κ3) is 1.42. The molecule has 94 valence electrons. The molecule has 0 amide bonds. The molecule has 2 aromatic rings. The normalized spacial score (nSPS) is 27.1. The van der Waals surface area contributed by atoms with Crippen molar-refractivity contribution in [1.29, 1.82) is 0 Å². The Bertz CT molecular complexity index is 598. The van der Waals surface area contributed by atoms with E-state index < -0.39 is 0 Å². The van der Waals surface area contributed by atoms with E-state index in [0.29, 0.717) is 5.54 Å². The van der Waals surface area contributed by atoms with Crippen molar-refractivity contribution in [3.05, 3.63) is 23.1 Å². The van der Waals surface area contributed by atoms with Gasteiger partial charge in [-0.05, 0) is 44.5 Å². The summed E-state index contributed by atoms with van der Waals surface area (Å²) in [6.45, 7) is 5.58. The average molecular weight is 259 g/mol. The van der Waals surface area contributed by atoms with Crippen LogP contribution in [0.1, 0.15) is 17.7 Å². The molecule has 4 rings (SSSR count). The lowest BCUT2D eigenvalue weighted by molar-refractivity contribution is 0.298. The van der Waals surface area contributed by atoms with Crippen molar-refractivity contribution in [2.45, 2.75) is 25.3 Å². The fraction of sp³-hybridized carbons (Fsp3) is 0.500. The lowest BCUT2D eigenvalue weighted by atomic mass is 9.84. The Morgan fingerprint density at radius 3 is 3.06 bits per heavy atom. The average Bonchev–Trinajstić information content (AvgIpc) is 2.93. The van der Waals surface area contributed by atoms with E-state index in [-0.39, 0.29) is 0 Å². The van der Waals surface area contributed by atoms with Crippen molar-refractivity contribution in [2.75, 3.05) is 24.5 Å². The molecule has 0 saturated carbocycles. The van der Waals surface area contributed by atoms with Crippen molar-refractivity contribution < 1.29 is 0 Å². The van der Waals surface area contributed by atoms with Crippen molar-refractivity contribution in [3.63, 3.8) is 0 Å². The van der Waals surface area contributed by atoms with Crippen molar-refractivity contribution in [2.24, 2.45) is 0 Å². The third-order valence-corrected chi connectivity index (χ3v) is 5.32. The minimum absolute atomic E-state index is 0.368. The van der Waals surface area contributed by atoms with E-state index in [9.17, 15) is 0 Å². The van der Waals surface area contributed by atoms with Gasteiger partial charge >= 0.3 is 0 Å². The van der Waals surface area contributed by atoms with Gasteiger partial charge in [0.1, 0.15) is 10.6 Å². The Morgan fingerprint density at radius 1 is 1.39 bits per heavy atom. The van der Waals surface area contributed by atoms with Crippen LogP contribution in [-0.2, 0) is 0 Å². The van der Waals surface area contributed by atoms with Crippen LogP contribution in [0.3, 0.4) is 0 Å². The molecular weight excluding hydrogens is 242 g/mol. The SMILES string of the molecule is Cc1cc2ccc(N3CCC34CCNC4)nc2s1. The van der Waals surface area contributed by atoms with Crippen LogP contribution in [-0.4, -0.2) is 30.2 Å². The number of aryl methyl sites for hydroxylation is 1. The highest BCUT2D eigenvalue weighted by molar-refractivity contribution is 7.18. The second-order valence-electron chi connectivity index (χ2n) is 5.47. The third-order valence-electron chi connectivity index (χ3n) is 4.36. The van der Waals surface area contributed by atoms with Gasteiger partial charge in [-0.1, -0.05) is 0 Å². The van der Waals surface area contributed by atoms with E-state index in [1.165, 1.54) is 33.8 Å². The lowest BCUT2D eigenvalue weighted by Crippen LogP contribution is -2.61. The van der Waals surface area contributed by atoms with Gasteiger partial charge in [-0.25, -0.2) is 4.98 Å². The Kier molecular flexibility index (Phi) is 2.20. The van der Waals surface area contributed by atoms with Crippen LogP contribution in [0.4, 0.5) is 5.82 Å². The summed E-state index contributed by atoms with van der Waals surface area (Å²) in [5, 5.41) is 4.77. The maximum Gasteiger partial charge on any atom is 0.130 e. The van der Waals surface area contributed by atoms with Gasteiger partial charge in [0.05, 0.1) is 5.54 Å². The Morgan fingerprint density at radius 2 is 2.33 bits per heavy atom. The molecule has 1 atom stereocenters. The molecule has 1 N–H and O–H groups in total. The Labute approximate surface area is 111 Å². The van der Waals surface area contributed by atoms with Crippen LogP contribution in [0.5, 0.6) is 0 Å². The topological polar surface area (TPSA) is 28.2 Å². The first-order valence-electron chi connectivity index (χ1n) is 6.62. The molecule has 2 aliphatic heterocycles. The van der Waals surface area contributed by atoms with Crippen LogP contribution in [0.2, 0.25) is 0 Å². The maximum absolute atomic E-state index is 4.85. The highest BCUT2D eigenvalue weighted by Gasteiger charge is 2.47. The molecule has 0 radical (unpaired) electrons. The fourth-order valence-corrected chi connectivity index (χ4v) is 4.13. The number of aromatic nitrogens is 1. The second-order valence-corrected chi connectivity index (χ2v) is 6.71. The number of thiophene rings is 1. The Balaban J connectivity index is 1.74. The Hall–Kier alpha value is -1.13. The van der Waals surface area contributed by atoms with Crippen LogP contribution >= 0.6 is 11.3 Å². The van der Waals surface area contributed by atoms with Gasteiger partial charge in [0.15, 0.2) is 0 Å². The number of fused-ring (bicyclic) bond motifs is 1. The highest BCUT2D eigenvalue weighted by Crippen LogP contribution is 2.40. The number of nitrogens with zero attached hydrogens (tertiary/aromatic N) is 2. The first-order valence-corrected chi connectivity index (χ1v) is 7.44. The molecular formula is C14H17N3S. The molecule has 2 fully saturated rings. The summed E-state index contributed by atoms with van der Waals surface area (Å²) in [6.07, 6.45) is 2.57. The summed E-state index contributed by atoms with van der Waals surface area (Å²) in [6, 6.07) is 6.63. The van der Waals surface area contributed by atoms with Crippen LogP contribution in [0.25, 0.3) is 10.2 Å².